The molecule has 2 rings (SSSR count). The minimum Gasteiger partial charge on any atom is -0.444 e. The maximum atomic E-state index is 12.3. The molecule has 1 heterocycles. The Hall–Kier alpha value is -0.770. The number of amides is 1. The third kappa shape index (κ3) is 2.79. The van der Waals surface area contributed by atoms with E-state index in [-0.39, 0.29) is 11.6 Å². The Morgan fingerprint density at radius 3 is 2.44 bits per heavy atom. The minimum atomic E-state index is -0.411. The van der Waals surface area contributed by atoms with Crippen LogP contribution in [0.1, 0.15) is 59.3 Å². The highest BCUT2D eigenvalue weighted by Gasteiger charge is 2.46. The lowest BCUT2D eigenvalue weighted by Gasteiger charge is -2.43. The van der Waals surface area contributed by atoms with Crippen LogP contribution in [0, 0.1) is 0 Å². The predicted octanol–water partition coefficient (Wildman–Crippen LogP) is 2.66. The molecule has 0 unspecified atom stereocenters. The number of rotatable bonds is 0. The summed E-state index contributed by atoms with van der Waals surface area (Å²) in [6.07, 6.45) is 6.18. The molecule has 1 spiro atoms. The molecular weight excluding hydrogens is 228 g/mol. The highest BCUT2D eigenvalue weighted by Crippen LogP contribution is 2.41. The summed E-state index contributed by atoms with van der Waals surface area (Å²) >= 11 is 0. The van der Waals surface area contributed by atoms with Gasteiger partial charge in [-0.25, -0.2) is 4.79 Å². The van der Waals surface area contributed by atoms with E-state index in [9.17, 15) is 4.79 Å². The number of likely N-dealkylation sites (tertiary alicyclic amines) is 1. The summed E-state index contributed by atoms with van der Waals surface area (Å²) in [7, 11) is 0. The summed E-state index contributed by atoms with van der Waals surface area (Å²) in [6.45, 7) is 6.60. The average Bonchev–Trinajstić information content (AvgIpc) is 2.64. The van der Waals surface area contributed by atoms with Gasteiger partial charge in [0.05, 0.1) is 0 Å². The molecule has 1 saturated carbocycles. The zero-order valence-electron chi connectivity index (χ0n) is 11.9. The number of ether oxygens (including phenoxy) is 1. The van der Waals surface area contributed by atoms with E-state index in [4.69, 9.17) is 10.5 Å². The van der Waals surface area contributed by atoms with Crippen molar-refractivity contribution in [1.29, 1.82) is 0 Å². The average molecular weight is 254 g/mol. The molecule has 4 heteroatoms. The van der Waals surface area contributed by atoms with Crippen molar-refractivity contribution in [2.45, 2.75) is 76.5 Å². The maximum absolute atomic E-state index is 12.3. The Balaban J connectivity index is 2.05. The minimum absolute atomic E-state index is 0.0399. The van der Waals surface area contributed by atoms with Crippen molar-refractivity contribution in [3.63, 3.8) is 0 Å². The molecule has 0 bridgehead atoms. The normalized spacial score (nSPS) is 32.9. The molecule has 18 heavy (non-hydrogen) atoms. The molecule has 4 nitrogen and oxygen atoms in total. The quantitative estimate of drug-likeness (QED) is 0.723. The second-order valence-electron chi connectivity index (χ2n) is 6.80. The fourth-order valence-electron chi connectivity index (χ4n) is 3.24. The lowest BCUT2D eigenvalue weighted by Crippen LogP contribution is -2.52. The molecule has 1 saturated heterocycles. The van der Waals surface area contributed by atoms with Gasteiger partial charge in [-0.1, -0.05) is 0 Å². The molecule has 1 aliphatic heterocycles. The molecule has 2 aliphatic rings. The molecule has 0 atom stereocenters. The van der Waals surface area contributed by atoms with Gasteiger partial charge < -0.3 is 15.4 Å². The highest BCUT2D eigenvalue weighted by molar-refractivity contribution is 5.69. The van der Waals surface area contributed by atoms with Crippen molar-refractivity contribution in [2.24, 2.45) is 5.73 Å². The zero-order valence-corrected chi connectivity index (χ0v) is 11.9. The van der Waals surface area contributed by atoms with Crippen LogP contribution in [-0.4, -0.2) is 34.7 Å². The largest absolute Gasteiger partial charge is 0.444 e. The second-order valence-corrected chi connectivity index (χ2v) is 6.80. The van der Waals surface area contributed by atoms with Gasteiger partial charge in [-0.05, 0) is 59.3 Å². The predicted molar refractivity (Wildman–Crippen MR) is 71.3 cm³/mol. The Morgan fingerprint density at radius 2 is 1.89 bits per heavy atom. The first-order valence-corrected chi connectivity index (χ1v) is 7.09. The van der Waals surface area contributed by atoms with Crippen molar-refractivity contribution in [3.05, 3.63) is 0 Å². The number of hydrogen-bond donors (Lipinski definition) is 1. The molecular formula is C14H26N2O2. The lowest BCUT2D eigenvalue weighted by atomic mass is 9.78. The van der Waals surface area contributed by atoms with Crippen LogP contribution < -0.4 is 5.73 Å². The van der Waals surface area contributed by atoms with Crippen LogP contribution in [0.5, 0.6) is 0 Å². The Bertz CT molecular complexity index is 314. The lowest BCUT2D eigenvalue weighted by molar-refractivity contribution is -0.000510. The fourth-order valence-corrected chi connectivity index (χ4v) is 3.24. The summed E-state index contributed by atoms with van der Waals surface area (Å²) < 4.78 is 5.53. The van der Waals surface area contributed by atoms with E-state index in [0.717, 1.165) is 45.1 Å². The Morgan fingerprint density at radius 1 is 1.28 bits per heavy atom. The van der Waals surface area contributed by atoms with Crippen LogP contribution in [0.3, 0.4) is 0 Å². The molecule has 0 aromatic heterocycles. The van der Waals surface area contributed by atoms with Crippen LogP contribution in [0.25, 0.3) is 0 Å². The van der Waals surface area contributed by atoms with Gasteiger partial charge in [0.25, 0.3) is 0 Å². The van der Waals surface area contributed by atoms with Crippen molar-refractivity contribution in [3.8, 4) is 0 Å². The van der Waals surface area contributed by atoms with Crippen molar-refractivity contribution >= 4 is 6.09 Å². The van der Waals surface area contributed by atoms with Gasteiger partial charge >= 0.3 is 6.09 Å². The third-order valence-electron chi connectivity index (χ3n) is 4.17. The van der Waals surface area contributed by atoms with Crippen LogP contribution >= 0.6 is 0 Å². The van der Waals surface area contributed by atoms with E-state index in [1.165, 1.54) is 0 Å². The second kappa shape index (κ2) is 4.72. The van der Waals surface area contributed by atoms with Gasteiger partial charge in [0.1, 0.15) is 5.60 Å². The van der Waals surface area contributed by atoms with E-state index < -0.39 is 5.60 Å². The van der Waals surface area contributed by atoms with Crippen LogP contribution in [0.4, 0.5) is 4.79 Å². The summed E-state index contributed by atoms with van der Waals surface area (Å²) in [5.41, 5.74) is 5.60. The maximum Gasteiger partial charge on any atom is 0.410 e. The smallest absolute Gasteiger partial charge is 0.410 e. The van der Waals surface area contributed by atoms with Crippen molar-refractivity contribution in [2.75, 3.05) is 6.54 Å². The first-order chi connectivity index (χ1) is 8.32. The SMILES string of the molecule is CC(C)(C)OC(=O)N1CCCC12CCC(N)CC2. The van der Waals surface area contributed by atoms with Gasteiger partial charge in [0, 0.05) is 18.1 Å². The number of carbonyl (C=O) groups excluding carboxylic acids is 1. The van der Waals surface area contributed by atoms with E-state index >= 15 is 0 Å². The Kier molecular flexibility index (Phi) is 3.58. The van der Waals surface area contributed by atoms with E-state index in [2.05, 4.69) is 0 Å². The zero-order chi connectivity index (χ0) is 13.4. The van der Waals surface area contributed by atoms with E-state index in [1.54, 1.807) is 0 Å². The first-order valence-electron chi connectivity index (χ1n) is 7.09. The van der Waals surface area contributed by atoms with Crippen LogP contribution in [0.15, 0.2) is 0 Å². The highest BCUT2D eigenvalue weighted by atomic mass is 16.6. The third-order valence-corrected chi connectivity index (χ3v) is 4.17. The fraction of sp³-hybridized carbons (Fsp3) is 0.929. The van der Waals surface area contributed by atoms with E-state index in [0.29, 0.717) is 6.04 Å². The summed E-state index contributed by atoms with van der Waals surface area (Å²) in [4.78, 5) is 14.3. The van der Waals surface area contributed by atoms with Crippen LogP contribution in [-0.2, 0) is 4.74 Å². The van der Waals surface area contributed by atoms with Crippen molar-refractivity contribution < 1.29 is 9.53 Å². The number of nitrogens with zero attached hydrogens (tertiary/aromatic N) is 1. The molecule has 0 aromatic rings. The van der Waals surface area contributed by atoms with Gasteiger partial charge in [0.15, 0.2) is 0 Å². The molecule has 2 N–H and O–H groups in total. The molecule has 2 fully saturated rings. The van der Waals surface area contributed by atoms with Gasteiger partial charge in [-0.2, -0.15) is 0 Å². The molecule has 1 amide bonds. The Labute approximate surface area is 110 Å². The molecule has 104 valence electrons. The summed E-state index contributed by atoms with van der Waals surface area (Å²) in [5, 5.41) is 0. The standard InChI is InChI=1S/C14H26N2O2/c1-13(2,3)18-12(17)16-10-4-7-14(16)8-5-11(15)6-9-14/h11H,4-10,15H2,1-3H3. The number of carbonyl (C=O) groups is 1. The molecule has 0 aromatic carbocycles. The van der Waals surface area contributed by atoms with Gasteiger partial charge in [-0.15, -0.1) is 0 Å². The molecule has 0 radical (unpaired) electrons. The summed E-state index contributed by atoms with van der Waals surface area (Å²) in [5.74, 6) is 0. The number of hydrogen-bond acceptors (Lipinski definition) is 3. The first kappa shape index (κ1) is 13.7. The number of nitrogens with two attached hydrogens (primary N) is 1. The molecule has 1 aliphatic carbocycles. The van der Waals surface area contributed by atoms with Crippen LogP contribution in [0.2, 0.25) is 0 Å². The summed E-state index contributed by atoms with van der Waals surface area (Å²) in [6, 6.07) is 0.316. The van der Waals surface area contributed by atoms with Crippen molar-refractivity contribution in [1.82, 2.24) is 4.90 Å². The topological polar surface area (TPSA) is 55.6 Å². The monoisotopic (exact) mass is 254 g/mol. The van der Waals surface area contributed by atoms with Gasteiger partial charge in [0.2, 0.25) is 0 Å². The van der Waals surface area contributed by atoms with Gasteiger partial charge in [-0.3, -0.25) is 0 Å². The van der Waals surface area contributed by atoms with E-state index in [1.807, 2.05) is 25.7 Å².